The van der Waals surface area contributed by atoms with Gasteiger partial charge in [-0.05, 0) is 32.0 Å². The molecule has 0 spiro atoms. The summed E-state index contributed by atoms with van der Waals surface area (Å²) in [5, 5.41) is 11.5. The first-order chi connectivity index (χ1) is 12.3. The molecule has 3 rings (SSSR count). The smallest absolute Gasteiger partial charge is 0.416 e. The normalized spacial score (nSPS) is 11.9. The lowest BCUT2D eigenvalue weighted by atomic mass is 10.1. The maximum Gasteiger partial charge on any atom is 0.416 e. The van der Waals surface area contributed by atoms with Crippen LogP contribution in [0.3, 0.4) is 0 Å². The minimum atomic E-state index is -4.49. The average molecular weight is 367 g/mol. The molecule has 0 aliphatic heterocycles. The number of hydrogen-bond donors (Lipinski definition) is 0. The van der Waals surface area contributed by atoms with Crippen LogP contribution in [0.4, 0.5) is 13.2 Å². The van der Waals surface area contributed by atoms with Crippen LogP contribution in [0.5, 0.6) is 5.75 Å². The summed E-state index contributed by atoms with van der Waals surface area (Å²) in [5.74, 6) is 0.732. The summed E-state index contributed by atoms with van der Waals surface area (Å²) in [5.41, 5.74) is -0.583. The number of nitrogens with zero attached hydrogens (tertiary/aromatic N) is 5. The highest BCUT2D eigenvalue weighted by molar-refractivity contribution is 5.59. The van der Waals surface area contributed by atoms with Gasteiger partial charge in [0.05, 0.1) is 18.2 Å². The van der Waals surface area contributed by atoms with Crippen molar-refractivity contribution in [2.75, 3.05) is 0 Å². The maximum absolute atomic E-state index is 13.2. The summed E-state index contributed by atoms with van der Waals surface area (Å²) in [6, 6.07) is 3.47. The van der Waals surface area contributed by atoms with Crippen LogP contribution in [-0.2, 0) is 19.1 Å². The molecule has 10 heteroatoms. The summed E-state index contributed by atoms with van der Waals surface area (Å²) < 4.78 is 51.4. The van der Waals surface area contributed by atoms with Gasteiger partial charge in [-0.3, -0.25) is 4.68 Å². The van der Waals surface area contributed by atoms with E-state index in [0.29, 0.717) is 18.9 Å². The Morgan fingerprint density at radius 3 is 2.69 bits per heavy atom. The van der Waals surface area contributed by atoms with Gasteiger partial charge in [-0.2, -0.15) is 18.3 Å². The Labute approximate surface area is 146 Å². The fourth-order valence-electron chi connectivity index (χ4n) is 2.28. The van der Waals surface area contributed by atoms with Gasteiger partial charge in [-0.15, -0.1) is 10.2 Å². The fourth-order valence-corrected chi connectivity index (χ4v) is 2.28. The summed E-state index contributed by atoms with van der Waals surface area (Å²) in [4.78, 5) is 4.09. The van der Waals surface area contributed by atoms with Crippen molar-refractivity contribution < 1.29 is 22.3 Å². The van der Waals surface area contributed by atoms with Gasteiger partial charge in [0.1, 0.15) is 12.1 Å². The van der Waals surface area contributed by atoms with Crippen LogP contribution in [0.2, 0.25) is 0 Å². The number of aryl methyl sites for hydroxylation is 2. The van der Waals surface area contributed by atoms with Crippen molar-refractivity contribution in [3.63, 3.8) is 0 Å². The number of ether oxygens (including phenoxy) is 1. The zero-order valence-electron chi connectivity index (χ0n) is 14.1. The molecule has 0 bridgehead atoms. The van der Waals surface area contributed by atoms with Crippen molar-refractivity contribution in [3.8, 4) is 17.1 Å². The van der Waals surface area contributed by atoms with Crippen LogP contribution in [0.1, 0.15) is 25.3 Å². The molecule has 0 radical (unpaired) electrons. The minimum absolute atomic E-state index is 0.118. The summed E-state index contributed by atoms with van der Waals surface area (Å²) in [6.07, 6.45) is -1.65. The van der Waals surface area contributed by atoms with Crippen LogP contribution >= 0.6 is 0 Å². The third-order valence-electron chi connectivity index (χ3n) is 3.36. The second kappa shape index (κ2) is 7.14. The van der Waals surface area contributed by atoms with Gasteiger partial charge >= 0.3 is 6.18 Å². The Morgan fingerprint density at radius 1 is 1.23 bits per heavy atom. The first-order valence-corrected chi connectivity index (χ1v) is 7.85. The van der Waals surface area contributed by atoms with E-state index in [1.54, 1.807) is 13.8 Å². The quantitative estimate of drug-likeness (QED) is 0.665. The average Bonchev–Trinajstić information content (AvgIpc) is 3.23. The Kier molecular flexibility index (Phi) is 4.92. The Morgan fingerprint density at radius 2 is 2.04 bits per heavy atom. The van der Waals surface area contributed by atoms with Crippen LogP contribution < -0.4 is 4.74 Å². The molecule has 3 aromatic rings. The van der Waals surface area contributed by atoms with Crippen molar-refractivity contribution in [2.24, 2.45) is 0 Å². The van der Waals surface area contributed by atoms with E-state index in [9.17, 15) is 13.2 Å². The van der Waals surface area contributed by atoms with E-state index in [4.69, 9.17) is 9.15 Å². The van der Waals surface area contributed by atoms with Crippen LogP contribution in [-0.4, -0.2) is 31.1 Å². The van der Waals surface area contributed by atoms with E-state index in [0.717, 1.165) is 12.1 Å². The molecule has 0 aliphatic carbocycles. The lowest BCUT2D eigenvalue weighted by molar-refractivity contribution is -0.137. The third kappa shape index (κ3) is 4.38. The van der Waals surface area contributed by atoms with Crippen molar-refractivity contribution in [1.29, 1.82) is 0 Å². The van der Waals surface area contributed by atoms with Crippen LogP contribution in [0.15, 0.2) is 35.3 Å². The van der Waals surface area contributed by atoms with Crippen LogP contribution in [0, 0.1) is 0 Å². The Hall–Kier alpha value is -2.91. The Bertz CT molecular complexity index is 859. The molecule has 138 valence electrons. The molecule has 2 aromatic heterocycles. The van der Waals surface area contributed by atoms with Gasteiger partial charge in [0.25, 0.3) is 0 Å². The monoisotopic (exact) mass is 367 g/mol. The van der Waals surface area contributed by atoms with E-state index in [1.807, 2.05) is 0 Å². The second-order valence-electron chi connectivity index (χ2n) is 5.82. The first-order valence-electron chi connectivity index (χ1n) is 7.85. The maximum atomic E-state index is 13.2. The van der Waals surface area contributed by atoms with Crippen molar-refractivity contribution >= 4 is 0 Å². The highest BCUT2D eigenvalue weighted by Gasteiger charge is 2.32. The summed E-state index contributed by atoms with van der Waals surface area (Å²) in [7, 11) is 0. The topological polar surface area (TPSA) is 78.9 Å². The number of hydrogen-bond acceptors (Lipinski definition) is 6. The van der Waals surface area contributed by atoms with E-state index in [2.05, 4.69) is 20.3 Å². The molecular weight excluding hydrogens is 351 g/mol. The molecule has 0 unspecified atom stereocenters. The molecule has 0 fully saturated rings. The minimum Gasteiger partial charge on any atom is -0.491 e. The Balaban J connectivity index is 1.85. The molecule has 0 aliphatic rings. The number of benzene rings is 1. The predicted molar refractivity (Wildman–Crippen MR) is 84.2 cm³/mol. The summed E-state index contributed by atoms with van der Waals surface area (Å²) in [6.45, 7) is 3.89. The number of rotatable bonds is 6. The molecule has 1 aromatic carbocycles. The van der Waals surface area contributed by atoms with E-state index < -0.39 is 11.7 Å². The zero-order chi connectivity index (χ0) is 18.7. The third-order valence-corrected chi connectivity index (χ3v) is 3.36. The predicted octanol–water partition coefficient (Wildman–Crippen LogP) is 3.38. The molecule has 7 nitrogen and oxygen atoms in total. The lowest BCUT2D eigenvalue weighted by Gasteiger charge is -2.14. The van der Waals surface area contributed by atoms with Gasteiger partial charge in [0, 0.05) is 12.0 Å². The fraction of sp³-hybridized carbons (Fsp3) is 0.375. The highest BCUT2D eigenvalue weighted by Crippen LogP contribution is 2.35. The van der Waals surface area contributed by atoms with E-state index in [-0.39, 0.29) is 23.2 Å². The van der Waals surface area contributed by atoms with Gasteiger partial charge in [0.2, 0.25) is 12.3 Å². The zero-order valence-corrected chi connectivity index (χ0v) is 14.1. The molecule has 0 saturated heterocycles. The molecule has 0 N–H and O–H groups in total. The first kappa shape index (κ1) is 17.9. The van der Waals surface area contributed by atoms with Crippen molar-refractivity contribution in [3.05, 3.63) is 42.4 Å². The summed E-state index contributed by atoms with van der Waals surface area (Å²) >= 11 is 0. The van der Waals surface area contributed by atoms with Gasteiger partial charge in [-0.1, -0.05) is 0 Å². The molecule has 0 amide bonds. The largest absolute Gasteiger partial charge is 0.491 e. The lowest BCUT2D eigenvalue weighted by Crippen LogP contribution is -2.09. The van der Waals surface area contributed by atoms with Crippen molar-refractivity contribution in [1.82, 2.24) is 25.0 Å². The molecule has 0 saturated carbocycles. The van der Waals surface area contributed by atoms with E-state index >= 15 is 0 Å². The molecule has 2 heterocycles. The standard InChI is InChI=1S/C16H16F3N5O2/c1-10(2)26-13-6-11(5-12(7-13)16(17,18)19)15-20-8-24(23-15)4-3-14-22-21-9-25-14/h5-10H,3-4H2,1-2H3. The SMILES string of the molecule is CC(C)Oc1cc(-c2ncn(CCc3nnco3)n2)cc(C(F)(F)F)c1. The van der Waals surface area contributed by atoms with E-state index in [1.165, 1.54) is 23.5 Å². The second-order valence-corrected chi connectivity index (χ2v) is 5.82. The van der Waals surface area contributed by atoms with Crippen molar-refractivity contribution in [2.45, 2.75) is 39.1 Å². The number of aromatic nitrogens is 5. The number of alkyl halides is 3. The number of halogens is 3. The van der Waals surface area contributed by atoms with Gasteiger partial charge < -0.3 is 9.15 Å². The highest BCUT2D eigenvalue weighted by atomic mass is 19.4. The molecular formula is C16H16F3N5O2. The van der Waals surface area contributed by atoms with Gasteiger partial charge in [-0.25, -0.2) is 4.98 Å². The van der Waals surface area contributed by atoms with Gasteiger partial charge in [0.15, 0.2) is 5.82 Å². The molecule has 26 heavy (non-hydrogen) atoms. The molecule has 0 atom stereocenters. The van der Waals surface area contributed by atoms with Crippen LogP contribution in [0.25, 0.3) is 11.4 Å².